The molecule has 0 saturated carbocycles. The highest BCUT2D eigenvalue weighted by molar-refractivity contribution is 5.83. The van der Waals surface area contributed by atoms with Crippen molar-refractivity contribution >= 4 is 11.0 Å². The molecule has 4 nitrogen and oxygen atoms in total. The Morgan fingerprint density at radius 3 is 2.72 bits per heavy atom. The van der Waals surface area contributed by atoms with Gasteiger partial charge >= 0.3 is 0 Å². The lowest BCUT2D eigenvalue weighted by atomic mass is 10.0. The van der Waals surface area contributed by atoms with E-state index in [4.69, 9.17) is 4.74 Å². The Kier molecular flexibility index (Phi) is 3.90. The summed E-state index contributed by atoms with van der Waals surface area (Å²) in [4.78, 5) is 11.6. The van der Waals surface area contributed by atoms with Gasteiger partial charge in [-0.2, -0.15) is 0 Å². The van der Waals surface area contributed by atoms with E-state index in [0.29, 0.717) is 17.9 Å². The highest BCUT2D eigenvalue weighted by atomic mass is 19.1. The zero-order valence-corrected chi connectivity index (χ0v) is 13.7. The highest BCUT2D eigenvalue weighted by Gasteiger charge is 2.10. The smallest absolute Gasteiger partial charge is 0.127 e. The van der Waals surface area contributed by atoms with Gasteiger partial charge in [0.1, 0.15) is 24.0 Å². The molecule has 124 valence electrons. The second-order valence-corrected chi connectivity index (χ2v) is 5.84. The van der Waals surface area contributed by atoms with E-state index in [2.05, 4.69) is 15.0 Å². The maximum atomic E-state index is 13.8. The molecule has 2 heterocycles. The molecule has 1 N–H and O–H groups in total. The fraction of sp³-hybridized carbons (Fsp3) is 0.100. The molecular weight excluding hydrogens is 317 g/mol. The van der Waals surface area contributed by atoms with Crippen LogP contribution in [0.25, 0.3) is 22.2 Å². The Bertz CT molecular complexity index is 1030. The molecule has 5 heteroatoms. The van der Waals surface area contributed by atoms with E-state index in [0.717, 1.165) is 28.0 Å². The summed E-state index contributed by atoms with van der Waals surface area (Å²) < 4.78 is 19.8. The molecule has 2 aromatic carbocycles. The Morgan fingerprint density at radius 1 is 1.04 bits per heavy atom. The van der Waals surface area contributed by atoms with Crippen LogP contribution >= 0.6 is 0 Å². The van der Waals surface area contributed by atoms with Gasteiger partial charge in [-0.05, 0) is 60.5 Å². The number of benzene rings is 2. The maximum Gasteiger partial charge on any atom is 0.127 e. The van der Waals surface area contributed by atoms with Crippen molar-refractivity contribution < 1.29 is 9.13 Å². The van der Waals surface area contributed by atoms with E-state index >= 15 is 0 Å². The van der Waals surface area contributed by atoms with E-state index < -0.39 is 0 Å². The van der Waals surface area contributed by atoms with Crippen molar-refractivity contribution in [3.63, 3.8) is 0 Å². The number of nitrogens with one attached hydrogen (secondary N) is 1. The third-order valence-electron chi connectivity index (χ3n) is 4.00. The number of pyridine rings is 1. The molecule has 0 radical (unpaired) electrons. The summed E-state index contributed by atoms with van der Waals surface area (Å²) in [7, 11) is 0. The summed E-state index contributed by atoms with van der Waals surface area (Å²) in [6, 6.07) is 14.2. The van der Waals surface area contributed by atoms with Crippen molar-refractivity contribution in [2.75, 3.05) is 0 Å². The summed E-state index contributed by atoms with van der Waals surface area (Å²) in [5, 5.41) is 0. The molecule has 0 aliphatic rings. The Balaban J connectivity index is 1.70. The van der Waals surface area contributed by atoms with Gasteiger partial charge in [-0.25, -0.2) is 9.37 Å². The van der Waals surface area contributed by atoms with Crippen molar-refractivity contribution in [2.45, 2.75) is 13.5 Å². The van der Waals surface area contributed by atoms with E-state index in [1.807, 2.05) is 37.3 Å². The average molecular weight is 333 g/mol. The molecule has 0 spiro atoms. The lowest BCUT2D eigenvalue weighted by Crippen LogP contribution is -1.97. The van der Waals surface area contributed by atoms with Crippen LogP contribution in [0.3, 0.4) is 0 Å². The third-order valence-corrected chi connectivity index (χ3v) is 4.00. The first-order valence-corrected chi connectivity index (χ1v) is 7.97. The Hall–Kier alpha value is -3.21. The zero-order chi connectivity index (χ0) is 17.2. The SMILES string of the molecule is Cc1nc2ccc(-c3cc(F)ccc3OCc3ccncc3)cc2[nH]1. The molecule has 2 aromatic heterocycles. The molecule has 0 fully saturated rings. The number of rotatable bonds is 4. The van der Waals surface area contributed by atoms with Gasteiger partial charge in [-0.15, -0.1) is 0 Å². The molecule has 0 unspecified atom stereocenters. The number of hydrogen-bond donors (Lipinski definition) is 1. The normalized spacial score (nSPS) is 11.0. The number of fused-ring (bicyclic) bond motifs is 1. The van der Waals surface area contributed by atoms with Crippen LogP contribution in [0.5, 0.6) is 5.75 Å². The quantitative estimate of drug-likeness (QED) is 0.591. The van der Waals surface area contributed by atoms with Gasteiger partial charge in [0.25, 0.3) is 0 Å². The molecular formula is C20H16FN3O. The number of aryl methyl sites for hydroxylation is 1. The van der Waals surface area contributed by atoms with Gasteiger partial charge in [0, 0.05) is 18.0 Å². The lowest BCUT2D eigenvalue weighted by Gasteiger charge is -2.12. The van der Waals surface area contributed by atoms with E-state index in [1.165, 1.54) is 12.1 Å². The molecule has 25 heavy (non-hydrogen) atoms. The van der Waals surface area contributed by atoms with Gasteiger partial charge in [0.15, 0.2) is 0 Å². The molecule has 4 rings (SSSR count). The highest BCUT2D eigenvalue weighted by Crippen LogP contribution is 2.33. The van der Waals surface area contributed by atoms with Crippen LogP contribution in [0.4, 0.5) is 4.39 Å². The maximum absolute atomic E-state index is 13.8. The molecule has 0 atom stereocenters. The zero-order valence-electron chi connectivity index (χ0n) is 13.7. The number of hydrogen-bond acceptors (Lipinski definition) is 3. The summed E-state index contributed by atoms with van der Waals surface area (Å²) >= 11 is 0. The third kappa shape index (κ3) is 3.21. The number of aromatic nitrogens is 3. The number of aromatic amines is 1. The van der Waals surface area contributed by atoms with E-state index in [9.17, 15) is 4.39 Å². The molecule has 0 amide bonds. The minimum Gasteiger partial charge on any atom is -0.488 e. The average Bonchev–Trinajstić information content (AvgIpc) is 3.00. The first-order valence-electron chi connectivity index (χ1n) is 7.97. The molecule has 0 aliphatic carbocycles. The van der Waals surface area contributed by atoms with Gasteiger partial charge in [-0.3, -0.25) is 4.98 Å². The van der Waals surface area contributed by atoms with Crippen molar-refractivity contribution in [3.05, 3.63) is 78.1 Å². The second kappa shape index (κ2) is 6.36. The topological polar surface area (TPSA) is 50.8 Å². The first kappa shape index (κ1) is 15.3. The summed E-state index contributed by atoms with van der Waals surface area (Å²) in [5.41, 5.74) is 4.39. The van der Waals surface area contributed by atoms with Gasteiger partial charge in [0.2, 0.25) is 0 Å². The van der Waals surface area contributed by atoms with Crippen LogP contribution in [0.1, 0.15) is 11.4 Å². The van der Waals surface area contributed by atoms with Crippen molar-refractivity contribution in [3.8, 4) is 16.9 Å². The fourth-order valence-electron chi connectivity index (χ4n) is 2.80. The Labute approximate surface area is 144 Å². The molecule has 0 aliphatic heterocycles. The van der Waals surface area contributed by atoms with Gasteiger partial charge in [0.05, 0.1) is 11.0 Å². The van der Waals surface area contributed by atoms with Crippen LogP contribution < -0.4 is 4.74 Å². The van der Waals surface area contributed by atoms with E-state index in [1.54, 1.807) is 18.5 Å². The van der Waals surface area contributed by atoms with Gasteiger partial charge in [-0.1, -0.05) is 6.07 Å². The molecule has 0 saturated heterocycles. The summed E-state index contributed by atoms with van der Waals surface area (Å²) in [6.07, 6.45) is 3.44. The van der Waals surface area contributed by atoms with Crippen molar-refractivity contribution in [2.24, 2.45) is 0 Å². The summed E-state index contributed by atoms with van der Waals surface area (Å²) in [6.45, 7) is 2.30. The molecule has 0 bridgehead atoms. The minimum absolute atomic E-state index is 0.299. The Morgan fingerprint density at radius 2 is 1.88 bits per heavy atom. The molecule has 4 aromatic rings. The van der Waals surface area contributed by atoms with Crippen LogP contribution in [0.15, 0.2) is 60.9 Å². The fourth-order valence-corrected chi connectivity index (χ4v) is 2.80. The monoisotopic (exact) mass is 333 g/mol. The lowest BCUT2D eigenvalue weighted by molar-refractivity contribution is 0.307. The summed E-state index contributed by atoms with van der Waals surface area (Å²) in [5.74, 6) is 1.18. The van der Waals surface area contributed by atoms with Crippen LogP contribution in [0.2, 0.25) is 0 Å². The first-order chi connectivity index (χ1) is 12.2. The van der Waals surface area contributed by atoms with Crippen molar-refractivity contribution in [1.82, 2.24) is 15.0 Å². The number of ether oxygens (including phenoxy) is 1. The largest absolute Gasteiger partial charge is 0.488 e. The number of nitrogens with zero attached hydrogens (tertiary/aromatic N) is 2. The van der Waals surface area contributed by atoms with Crippen LogP contribution in [-0.2, 0) is 6.61 Å². The predicted molar refractivity (Wildman–Crippen MR) is 94.8 cm³/mol. The predicted octanol–water partition coefficient (Wildman–Crippen LogP) is 4.65. The number of halogens is 1. The van der Waals surface area contributed by atoms with Crippen molar-refractivity contribution in [1.29, 1.82) is 0 Å². The van der Waals surface area contributed by atoms with Crippen LogP contribution in [-0.4, -0.2) is 15.0 Å². The van der Waals surface area contributed by atoms with Crippen LogP contribution in [0, 0.1) is 12.7 Å². The number of H-pyrrole nitrogens is 1. The second-order valence-electron chi connectivity index (χ2n) is 5.84. The minimum atomic E-state index is -0.299. The van der Waals surface area contributed by atoms with E-state index in [-0.39, 0.29) is 5.82 Å². The number of imidazole rings is 1. The standard InChI is InChI=1S/C20H16FN3O/c1-13-23-18-4-2-15(10-19(18)24-13)17-11-16(21)3-5-20(17)25-12-14-6-8-22-9-7-14/h2-11H,12H2,1H3,(H,23,24). The van der Waals surface area contributed by atoms with Gasteiger partial charge < -0.3 is 9.72 Å².